The molecule has 0 rings (SSSR count). The summed E-state index contributed by atoms with van der Waals surface area (Å²) in [5.74, 6) is -0.262. The number of nitrogens with one attached hydrogen (secondary N) is 1. The van der Waals surface area contributed by atoms with Crippen LogP contribution in [0, 0.1) is 0 Å². The normalized spacial score (nSPS) is 13.6. The van der Waals surface area contributed by atoms with Crippen molar-refractivity contribution in [1.29, 1.82) is 0 Å². The number of hydrogen-bond donors (Lipinski definition) is 1. The lowest BCUT2D eigenvalue weighted by atomic mass is 10.1. The van der Waals surface area contributed by atoms with Crippen molar-refractivity contribution in [3.05, 3.63) is 0 Å². The molecule has 0 fully saturated rings. The van der Waals surface area contributed by atoms with Gasteiger partial charge in [-0.25, -0.2) is 0 Å². The number of rotatable bonds is 10. The molecule has 1 unspecified atom stereocenters. The molecule has 19 heavy (non-hydrogen) atoms. The Labute approximate surface area is 117 Å². The predicted molar refractivity (Wildman–Crippen MR) is 75.2 cm³/mol. The molecular weight excluding hydrogens is 246 g/mol. The highest BCUT2D eigenvalue weighted by atomic mass is 16.5. The van der Waals surface area contributed by atoms with E-state index in [4.69, 9.17) is 14.2 Å². The molecule has 0 aliphatic rings. The maximum absolute atomic E-state index is 11.7. The molecule has 0 aromatic carbocycles. The zero-order valence-electron chi connectivity index (χ0n) is 13.1. The van der Waals surface area contributed by atoms with Gasteiger partial charge in [-0.1, -0.05) is 13.8 Å². The number of carbonyl (C=O) groups excluding carboxylic acids is 1. The topological polar surface area (TPSA) is 56.8 Å². The van der Waals surface area contributed by atoms with Gasteiger partial charge in [0.05, 0.1) is 18.8 Å². The van der Waals surface area contributed by atoms with Crippen LogP contribution in [0.15, 0.2) is 0 Å². The van der Waals surface area contributed by atoms with Gasteiger partial charge in [-0.15, -0.1) is 0 Å². The van der Waals surface area contributed by atoms with Crippen molar-refractivity contribution in [1.82, 2.24) is 5.32 Å². The Hall–Kier alpha value is -0.650. The zero-order chi connectivity index (χ0) is 14.9. The fourth-order valence-electron chi connectivity index (χ4n) is 1.45. The van der Waals surface area contributed by atoms with Crippen molar-refractivity contribution in [3.63, 3.8) is 0 Å². The van der Waals surface area contributed by atoms with Crippen LogP contribution in [0.2, 0.25) is 0 Å². The molecule has 1 atom stereocenters. The summed E-state index contributed by atoms with van der Waals surface area (Å²) in [5, 5.41) is 3.15. The highest BCUT2D eigenvalue weighted by Gasteiger charge is 2.21. The Morgan fingerprint density at radius 3 is 2.42 bits per heavy atom. The maximum atomic E-state index is 11.7. The number of esters is 1. The minimum Gasteiger partial charge on any atom is -0.465 e. The molecular formula is C14H29NO4. The van der Waals surface area contributed by atoms with Crippen molar-refractivity contribution in [2.24, 2.45) is 0 Å². The SMILES string of the molecule is CCOC(=O)C(COCCC(C)(C)OC)NC(C)C. The Balaban J connectivity index is 4.09. The highest BCUT2D eigenvalue weighted by molar-refractivity contribution is 5.75. The van der Waals surface area contributed by atoms with Crippen molar-refractivity contribution < 1.29 is 19.0 Å². The molecule has 0 saturated carbocycles. The van der Waals surface area contributed by atoms with E-state index in [2.05, 4.69) is 5.32 Å². The molecule has 0 spiro atoms. The lowest BCUT2D eigenvalue weighted by Crippen LogP contribution is -2.45. The molecule has 0 saturated heterocycles. The molecule has 1 N–H and O–H groups in total. The molecule has 0 aliphatic heterocycles. The molecule has 0 bridgehead atoms. The number of methoxy groups -OCH3 is 1. The minimum absolute atomic E-state index is 0.202. The van der Waals surface area contributed by atoms with Crippen molar-refractivity contribution >= 4 is 5.97 Å². The molecule has 0 aromatic rings. The standard InChI is InChI=1S/C14H29NO4/c1-7-19-13(16)12(15-11(2)3)10-18-9-8-14(4,5)17-6/h11-12,15H,7-10H2,1-6H3. The average molecular weight is 275 g/mol. The predicted octanol–water partition coefficient (Wildman–Crippen LogP) is 1.75. The van der Waals surface area contributed by atoms with Crippen LogP contribution in [0.4, 0.5) is 0 Å². The van der Waals surface area contributed by atoms with Gasteiger partial charge in [-0.3, -0.25) is 4.79 Å². The van der Waals surface area contributed by atoms with Gasteiger partial charge in [0.25, 0.3) is 0 Å². The lowest BCUT2D eigenvalue weighted by Gasteiger charge is -2.24. The van der Waals surface area contributed by atoms with E-state index in [0.717, 1.165) is 6.42 Å². The number of ether oxygens (including phenoxy) is 3. The fraction of sp³-hybridized carbons (Fsp3) is 0.929. The van der Waals surface area contributed by atoms with Gasteiger partial charge in [0.15, 0.2) is 0 Å². The van der Waals surface area contributed by atoms with Crippen molar-refractivity contribution in [2.75, 3.05) is 26.9 Å². The monoisotopic (exact) mass is 275 g/mol. The molecule has 0 aliphatic carbocycles. The van der Waals surface area contributed by atoms with E-state index in [0.29, 0.717) is 19.8 Å². The van der Waals surface area contributed by atoms with Crippen molar-refractivity contribution in [2.45, 2.75) is 58.7 Å². The Morgan fingerprint density at radius 2 is 1.95 bits per heavy atom. The molecule has 0 amide bonds. The summed E-state index contributed by atoms with van der Waals surface area (Å²) >= 11 is 0. The van der Waals surface area contributed by atoms with Gasteiger partial charge in [0, 0.05) is 19.8 Å². The highest BCUT2D eigenvalue weighted by Crippen LogP contribution is 2.12. The van der Waals surface area contributed by atoms with E-state index in [1.54, 1.807) is 14.0 Å². The molecule has 5 nitrogen and oxygen atoms in total. The van der Waals surface area contributed by atoms with Gasteiger partial charge in [0.1, 0.15) is 6.04 Å². The Morgan fingerprint density at radius 1 is 1.32 bits per heavy atom. The molecule has 0 radical (unpaired) electrons. The summed E-state index contributed by atoms with van der Waals surface area (Å²) in [7, 11) is 1.68. The van der Waals surface area contributed by atoms with Gasteiger partial charge < -0.3 is 19.5 Å². The summed E-state index contributed by atoms with van der Waals surface area (Å²) < 4.78 is 15.9. The minimum atomic E-state index is -0.411. The third-order valence-corrected chi connectivity index (χ3v) is 2.79. The summed E-state index contributed by atoms with van der Waals surface area (Å²) in [5.41, 5.74) is -0.203. The first-order chi connectivity index (χ1) is 8.82. The van der Waals surface area contributed by atoms with Crippen LogP contribution in [0.25, 0.3) is 0 Å². The smallest absolute Gasteiger partial charge is 0.325 e. The Kier molecular flexibility index (Phi) is 8.97. The number of hydrogen-bond acceptors (Lipinski definition) is 5. The molecule has 0 heterocycles. The molecule has 114 valence electrons. The van der Waals surface area contributed by atoms with E-state index >= 15 is 0 Å². The zero-order valence-corrected chi connectivity index (χ0v) is 13.1. The van der Waals surface area contributed by atoms with Crippen LogP contribution in [0.1, 0.15) is 41.0 Å². The quantitative estimate of drug-likeness (QED) is 0.486. The van der Waals surface area contributed by atoms with Crippen LogP contribution >= 0.6 is 0 Å². The van der Waals surface area contributed by atoms with Gasteiger partial charge in [-0.05, 0) is 27.2 Å². The summed E-state index contributed by atoms with van der Waals surface area (Å²) in [6.07, 6.45) is 0.778. The number of carbonyl (C=O) groups is 1. The van der Waals surface area contributed by atoms with Crippen LogP contribution < -0.4 is 5.32 Å². The van der Waals surface area contributed by atoms with Gasteiger partial charge in [0.2, 0.25) is 0 Å². The summed E-state index contributed by atoms with van der Waals surface area (Å²) in [6.45, 7) is 11.0. The third kappa shape index (κ3) is 8.97. The van der Waals surface area contributed by atoms with E-state index in [1.165, 1.54) is 0 Å². The van der Waals surface area contributed by atoms with Gasteiger partial charge >= 0.3 is 5.97 Å². The second-order valence-corrected chi connectivity index (χ2v) is 5.41. The first-order valence-electron chi connectivity index (χ1n) is 6.88. The van der Waals surface area contributed by atoms with E-state index in [9.17, 15) is 4.79 Å². The van der Waals surface area contributed by atoms with E-state index < -0.39 is 6.04 Å². The second kappa shape index (κ2) is 9.28. The lowest BCUT2D eigenvalue weighted by molar-refractivity contribution is -0.147. The van der Waals surface area contributed by atoms with E-state index in [1.807, 2.05) is 27.7 Å². The molecule has 0 aromatic heterocycles. The van der Waals surface area contributed by atoms with Crippen LogP contribution in [-0.4, -0.2) is 50.6 Å². The summed E-state index contributed by atoms with van der Waals surface area (Å²) in [6, 6.07) is -0.209. The average Bonchev–Trinajstić information content (AvgIpc) is 2.33. The van der Waals surface area contributed by atoms with Crippen LogP contribution in [0.3, 0.4) is 0 Å². The summed E-state index contributed by atoms with van der Waals surface area (Å²) in [4.78, 5) is 11.7. The van der Waals surface area contributed by atoms with Gasteiger partial charge in [-0.2, -0.15) is 0 Å². The Bertz CT molecular complexity index is 254. The van der Waals surface area contributed by atoms with E-state index in [-0.39, 0.29) is 17.6 Å². The third-order valence-electron chi connectivity index (χ3n) is 2.79. The second-order valence-electron chi connectivity index (χ2n) is 5.41. The largest absolute Gasteiger partial charge is 0.465 e. The van der Waals surface area contributed by atoms with Crippen molar-refractivity contribution in [3.8, 4) is 0 Å². The maximum Gasteiger partial charge on any atom is 0.325 e. The van der Waals surface area contributed by atoms with Crippen LogP contribution in [-0.2, 0) is 19.0 Å². The van der Waals surface area contributed by atoms with Crippen LogP contribution in [0.5, 0.6) is 0 Å². The fourth-order valence-corrected chi connectivity index (χ4v) is 1.45. The molecule has 5 heteroatoms. The first kappa shape index (κ1) is 18.4. The first-order valence-corrected chi connectivity index (χ1v) is 6.88.